The van der Waals surface area contributed by atoms with Crippen molar-refractivity contribution in [3.63, 3.8) is 0 Å². The van der Waals surface area contributed by atoms with E-state index in [0.29, 0.717) is 0 Å². The maximum atomic E-state index is 13.2. The van der Waals surface area contributed by atoms with Crippen LogP contribution in [-0.4, -0.2) is 63.6 Å². The highest BCUT2D eigenvalue weighted by Crippen LogP contribution is 2.35. The first kappa shape index (κ1) is 24.9. The largest absolute Gasteiger partial charge is 0.491 e. The number of alkyl halides is 7. The van der Waals surface area contributed by atoms with Crippen LogP contribution >= 0.6 is 0 Å². The molecule has 1 aliphatic rings. The molecule has 35 heavy (non-hydrogen) atoms. The molecule has 4 heterocycles. The quantitative estimate of drug-likeness (QED) is 0.426. The third-order valence-corrected chi connectivity index (χ3v) is 5.28. The van der Waals surface area contributed by atoms with Crippen molar-refractivity contribution in [1.82, 2.24) is 24.7 Å². The fourth-order valence-electron chi connectivity index (χ4n) is 3.89. The average molecular weight is 508 g/mol. The van der Waals surface area contributed by atoms with Crippen molar-refractivity contribution in [1.29, 1.82) is 0 Å². The summed E-state index contributed by atoms with van der Waals surface area (Å²) in [6.45, 7) is -3.88. The summed E-state index contributed by atoms with van der Waals surface area (Å²) >= 11 is 0. The second kappa shape index (κ2) is 10.2. The van der Waals surface area contributed by atoms with E-state index in [9.17, 15) is 30.7 Å². The minimum Gasteiger partial charge on any atom is -0.491 e. The molecule has 190 valence electrons. The molecular weight excluding hydrogens is 489 g/mol. The van der Waals surface area contributed by atoms with Gasteiger partial charge in [-0.2, -0.15) is 27.1 Å². The summed E-state index contributed by atoms with van der Waals surface area (Å²) in [6.07, 6.45) is -4.73. The van der Waals surface area contributed by atoms with Crippen molar-refractivity contribution in [2.75, 3.05) is 24.6 Å². The summed E-state index contributed by atoms with van der Waals surface area (Å²) in [6, 6.07) is 2.40. The molecule has 2 atom stereocenters. The highest BCUT2D eigenvalue weighted by atomic mass is 19.4. The molecule has 15 heteroatoms. The lowest BCUT2D eigenvalue weighted by Gasteiger charge is -2.37. The highest BCUT2D eigenvalue weighted by Gasteiger charge is 2.37. The molecular formula is C20H19F7N6O2. The van der Waals surface area contributed by atoms with Crippen LogP contribution in [0, 0.1) is 5.92 Å². The Kier molecular flexibility index (Phi) is 7.23. The first-order chi connectivity index (χ1) is 16.6. The van der Waals surface area contributed by atoms with Gasteiger partial charge in [-0.25, -0.2) is 28.4 Å². The molecule has 0 saturated carbocycles. The number of pyridine rings is 1. The Labute approximate surface area is 193 Å². The molecule has 1 saturated heterocycles. The Morgan fingerprint density at radius 1 is 1.09 bits per heavy atom. The van der Waals surface area contributed by atoms with E-state index in [-0.39, 0.29) is 43.1 Å². The highest BCUT2D eigenvalue weighted by molar-refractivity contribution is 5.71. The molecule has 3 aromatic rings. The number of halogens is 7. The number of hydrogen-bond donors (Lipinski definition) is 0. The van der Waals surface area contributed by atoms with Gasteiger partial charge in [0.2, 0.25) is 0 Å². The van der Waals surface area contributed by atoms with Crippen LogP contribution in [0.15, 0.2) is 30.7 Å². The fourth-order valence-corrected chi connectivity index (χ4v) is 3.89. The van der Waals surface area contributed by atoms with E-state index in [1.807, 2.05) is 0 Å². The van der Waals surface area contributed by atoms with Gasteiger partial charge in [0.1, 0.15) is 23.6 Å². The van der Waals surface area contributed by atoms with E-state index in [1.165, 1.54) is 18.5 Å². The molecule has 1 aliphatic heterocycles. The number of hydrogen-bond acceptors (Lipinski definition) is 7. The Balaban J connectivity index is 1.55. The Morgan fingerprint density at radius 2 is 1.89 bits per heavy atom. The Bertz CT molecular complexity index is 1140. The summed E-state index contributed by atoms with van der Waals surface area (Å²) < 4.78 is 102. The van der Waals surface area contributed by atoms with Crippen LogP contribution in [0.5, 0.6) is 5.75 Å². The number of aromatic nitrogens is 5. The van der Waals surface area contributed by atoms with Gasteiger partial charge in [0, 0.05) is 25.2 Å². The number of piperidine rings is 1. The zero-order valence-electron chi connectivity index (χ0n) is 17.9. The van der Waals surface area contributed by atoms with Crippen LogP contribution in [0.2, 0.25) is 0 Å². The van der Waals surface area contributed by atoms with E-state index in [1.54, 1.807) is 4.90 Å². The van der Waals surface area contributed by atoms with Crippen molar-refractivity contribution < 1.29 is 40.2 Å². The first-order valence-corrected chi connectivity index (χ1v) is 10.4. The van der Waals surface area contributed by atoms with E-state index in [2.05, 4.69) is 24.8 Å². The van der Waals surface area contributed by atoms with Crippen molar-refractivity contribution in [2.24, 2.45) is 5.92 Å². The van der Waals surface area contributed by atoms with Gasteiger partial charge in [-0.05, 0) is 18.6 Å². The van der Waals surface area contributed by atoms with E-state index in [0.717, 1.165) is 16.9 Å². The maximum absolute atomic E-state index is 13.2. The third-order valence-electron chi connectivity index (χ3n) is 5.28. The van der Waals surface area contributed by atoms with Crippen molar-refractivity contribution in [3.05, 3.63) is 36.4 Å². The van der Waals surface area contributed by atoms with Crippen LogP contribution in [0.25, 0.3) is 11.2 Å². The van der Waals surface area contributed by atoms with Gasteiger partial charge >= 0.3 is 12.8 Å². The molecule has 0 spiro atoms. The zero-order valence-corrected chi connectivity index (χ0v) is 17.9. The Morgan fingerprint density at radius 3 is 2.60 bits per heavy atom. The van der Waals surface area contributed by atoms with Gasteiger partial charge in [-0.15, -0.1) is 0 Å². The smallest absolute Gasteiger partial charge is 0.437 e. The molecule has 0 bridgehead atoms. The van der Waals surface area contributed by atoms with Crippen LogP contribution < -0.4 is 9.64 Å². The number of rotatable bonds is 8. The molecule has 0 aromatic carbocycles. The third kappa shape index (κ3) is 6.07. The molecule has 8 nitrogen and oxygen atoms in total. The minimum absolute atomic E-state index is 0.0231. The molecule has 0 amide bonds. The predicted molar refractivity (Wildman–Crippen MR) is 107 cm³/mol. The second-order valence-corrected chi connectivity index (χ2v) is 7.84. The van der Waals surface area contributed by atoms with Crippen LogP contribution in [0.4, 0.5) is 36.6 Å². The fraction of sp³-hybridized carbons (Fsp3) is 0.500. The normalized spacial score (nSPS) is 19.2. The second-order valence-electron chi connectivity index (χ2n) is 7.84. The van der Waals surface area contributed by atoms with E-state index >= 15 is 0 Å². The maximum Gasteiger partial charge on any atom is 0.437 e. The monoisotopic (exact) mass is 508 g/mol. The van der Waals surface area contributed by atoms with Gasteiger partial charge in [-0.3, -0.25) is 0 Å². The SMILES string of the molecule is FC(F)Cn1ncc2ncc(N3CC(COc4cccnc4C(F)(F)F)CC(OC(F)F)C3)nc21. The summed E-state index contributed by atoms with van der Waals surface area (Å²) in [7, 11) is 0. The summed E-state index contributed by atoms with van der Waals surface area (Å²) in [5.74, 6) is -0.823. The minimum atomic E-state index is -4.73. The van der Waals surface area contributed by atoms with Gasteiger partial charge in [0.15, 0.2) is 11.3 Å². The van der Waals surface area contributed by atoms with Gasteiger partial charge in [-0.1, -0.05) is 0 Å². The topological polar surface area (TPSA) is 78.2 Å². The molecule has 2 unspecified atom stereocenters. The zero-order chi connectivity index (χ0) is 25.2. The number of fused-ring (bicyclic) bond motifs is 1. The van der Waals surface area contributed by atoms with Crippen molar-refractivity contribution in [2.45, 2.75) is 38.3 Å². The molecule has 4 rings (SSSR count). The lowest BCUT2D eigenvalue weighted by molar-refractivity contribution is -0.168. The Hall–Kier alpha value is -3.23. The lowest BCUT2D eigenvalue weighted by atomic mass is 9.96. The first-order valence-electron chi connectivity index (χ1n) is 10.4. The van der Waals surface area contributed by atoms with Gasteiger partial charge in [0.05, 0.1) is 25.1 Å². The van der Waals surface area contributed by atoms with E-state index in [4.69, 9.17) is 4.74 Å². The number of nitrogens with zero attached hydrogens (tertiary/aromatic N) is 6. The van der Waals surface area contributed by atoms with Crippen molar-refractivity contribution >= 4 is 17.0 Å². The standard InChI is InChI=1S/C20H19F7N6O2/c21-15(22)9-33-18-13(5-30-33)29-6-16(31-18)32-7-11(4-12(8-32)35-19(23)24)10-34-14-2-1-3-28-17(14)20(25,26)27/h1-3,5-6,11-12,15,19H,4,7-10H2. The molecule has 0 aliphatic carbocycles. The average Bonchev–Trinajstić information content (AvgIpc) is 3.18. The molecule has 3 aromatic heterocycles. The van der Waals surface area contributed by atoms with Crippen LogP contribution in [-0.2, 0) is 17.5 Å². The van der Waals surface area contributed by atoms with Crippen molar-refractivity contribution in [3.8, 4) is 5.75 Å². The summed E-state index contributed by atoms with van der Waals surface area (Å²) in [5.41, 5.74) is -0.850. The van der Waals surface area contributed by atoms with Gasteiger partial charge in [0.25, 0.3) is 6.43 Å². The number of ether oxygens (including phenoxy) is 2. The summed E-state index contributed by atoms with van der Waals surface area (Å²) in [4.78, 5) is 13.3. The summed E-state index contributed by atoms with van der Waals surface area (Å²) in [5, 5.41) is 3.83. The number of anilines is 1. The van der Waals surface area contributed by atoms with Gasteiger partial charge < -0.3 is 14.4 Å². The molecule has 1 fully saturated rings. The van der Waals surface area contributed by atoms with Crippen LogP contribution in [0.3, 0.4) is 0 Å². The predicted octanol–water partition coefficient (Wildman–Crippen LogP) is 4.02. The molecule has 0 N–H and O–H groups in total. The molecule has 0 radical (unpaired) electrons. The van der Waals surface area contributed by atoms with E-state index < -0.39 is 49.2 Å². The lowest BCUT2D eigenvalue weighted by Crippen LogP contribution is -2.47. The van der Waals surface area contributed by atoms with Crippen LogP contribution in [0.1, 0.15) is 12.1 Å².